The number of aromatic amines is 2. The second-order valence-corrected chi connectivity index (χ2v) is 16.8. The molecule has 60 heavy (non-hydrogen) atoms. The molecule has 0 spiro atoms. The van der Waals surface area contributed by atoms with E-state index in [2.05, 4.69) is 19.9 Å². The number of benzene rings is 2. The van der Waals surface area contributed by atoms with E-state index in [1.807, 2.05) is 9.13 Å². The largest absolute Gasteiger partial charge is 0.481 e. The first-order valence-electron chi connectivity index (χ1n) is 17.8. The van der Waals surface area contributed by atoms with Gasteiger partial charge >= 0.3 is 12.0 Å². The van der Waals surface area contributed by atoms with Crippen molar-refractivity contribution in [3.05, 3.63) is 139 Å². The third-order valence-corrected chi connectivity index (χ3v) is 12.1. The third-order valence-electron chi connectivity index (χ3n) is 11.0. The lowest BCUT2D eigenvalue weighted by atomic mass is 9.93. The standard InChI is InChI=1S/C15H13ClFN3OS.C15H12ClFN2O2S.C7H6N4O.CH2Cl2.H3N/c16-7-1-2-10(17)8(3-7)15-5-9(15)13-11(4-12(18)21)19-14(22)20(13)6-15;16-7-1-2-10(17)8(3-7)15-5-9(15)13-11(4-12(20)21)18-14(22)19(13)6-15;12-7(10-3-1-8-5-10)11-4-2-9-6-11;2-1-3;/h1-3,9H,4-6H2,(H2,18,21)(H,19,22);1-3,9H,4-6H2,(H,18,22)(H,20,21);1-6H;1H2;1H3/t2*9-,15+;;;/m00.../s1. The second kappa shape index (κ2) is 17.7. The summed E-state index contributed by atoms with van der Waals surface area (Å²) in [4.78, 5) is 47.2. The Morgan fingerprint density at radius 1 is 0.800 bits per heavy atom. The van der Waals surface area contributed by atoms with Crippen molar-refractivity contribution in [3.63, 3.8) is 0 Å². The molecule has 6 heterocycles. The van der Waals surface area contributed by atoms with Crippen LogP contribution in [0.4, 0.5) is 13.6 Å². The third kappa shape index (κ3) is 8.46. The van der Waals surface area contributed by atoms with E-state index in [9.17, 15) is 23.2 Å². The summed E-state index contributed by atoms with van der Waals surface area (Å²) < 4.78 is 36.2. The van der Waals surface area contributed by atoms with Gasteiger partial charge in [0.05, 0.1) is 18.2 Å². The Morgan fingerprint density at radius 3 is 1.58 bits per heavy atom. The number of primary amides is 1. The lowest BCUT2D eigenvalue weighted by molar-refractivity contribution is -0.136. The lowest BCUT2D eigenvalue weighted by Gasteiger charge is -2.14. The van der Waals surface area contributed by atoms with E-state index in [0.29, 0.717) is 49.5 Å². The number of hydrogen-bond acceptors (Lipinski definition) is 8. The van der Waals surface area contributed by atoms with E-state index in [1.165, 1.54) is 40.0 Å². The predicted octanol–water partition coefficient (Wildman–Crippen LogP) is 8.39. The number of nitrogens with two attached hydrogens (primary N) is 1. The van der Waals surface area contributed by atoms with Gasteiger partial charge < -0.3 is 36.1 Å². The maximum absolute atomic E-state index is 14.3. The monoisotopic (exact) mass is 938 g/mol. The number of carboxylic acid groups (broad SMARTS) is 1. The lowest BCUT2D eigenvalue weighted by Crippen LogP contribution is -2.15. The fourth-order valence-electron chi connectivity index (χ4n) is 8.41. The maximum atomic E-state index is 14.3. The fourth-order valence-corrected chi connectivity index (χ4v) is 9.33. The summed E-state index contributed by atoms with van der Waals surface area (Å²) >= 11 is 32.2. The number of carboxylic acids is 1. The number of aliphatic carboxylic acids is 1. The number of carbonyl (C=O) groups excluding carboxylic acids is 2. The normalized spacial score (nSPS) is 20.6. The zero-order valence-electron chi connectivity index (χ0n) is 31.3. The van der Waals surface area contributed by atoms with Gasteiger partial charge in [0, 0.05) is 93.4 Å². The van der Waals surface area contributed by atoms with Gasteiger partial charge in [0.1, 0.15) is 24.3 Å². The van der Waals surface area contributed by atoms with E-state index in [0.717, 1.165) is 29.9 Å². The highest BCUT2D eigenvalue weighted by molar-refractivity contribution is 7.71. The molecule has 316 valence electrons. The molecule has 2 aliphatic heterocycles. The topological polar surface area (TPSA) is 210 Å². The van der Waals surface area contributed by atoms with Crippen LogP contribution in [0.2, 0.25) is 10.0 Å². The number of amides is 1. The number of halogens is 6. The molecule has 0 unspecified atom stereocenters. The number of fused-ring (bicyclic) bond motifs is 6. The molecule has 0 bridgehead atoms. The predicted molar refractivity (Wildman–Crippen MR) is 227 cm³/mol. The highest BCUT2D eigenvalue weighted by Crippen LogP contribution is 2.67. The first kappa shape index (κ1) is 44.9. The number of imidazole rings is 4. The molecule has 10 rings (SSSR count). The number of aromatic nitrogens is 8. The highest BCUT2D eigenvalue weighted by atomic mass is 35.5. The Bertz CT molecular complexity index is 2520. The van der Waals surface area contributed by atoms with E-state index in [-0.39, 0.29) is 64.7 Å². The number of rotatable bonds is 6. The van der Waals surface area contributed by atoms with Crippen molar-refractivity contribution < 1.29 is 28.3 Å². The average Bonchev–Trinajstić information content (AvgIpc) is 3.64. The first-order valence-corrected chi connectivity index (χ1v) is 20.4. The number of H-pyrrole nitrogens is 2. The van der Waals surface area contributed by atoms with Gasteiger partial charge in [-0.3, -0.25) is 18.7 Å². The molecule has 4 aliphatic rings. The number of hydrogen-bond donors (Lipinski definition) is 5. The Hall–Kier alpha value is -4.69. The molecule has 22 heteroatoms. The quantitative estimate of drug-likeness (QED) is 0.0801. The van der Waals surface area contributed by atoms with Crippen LogP contribution in [-0.4, -0.2) is 66.6 Å². The molecule has 0 saturated heterocycles. The summed E-state index contributed by atoms with van der Waals surface area (Å²) in [5, 5.41) is 10.3. The summed E-state index contributed by atoms with van der Waals surface area (Å²) in [7, 11) is 0. The molecule has 2 saturated carbocycles. The summed E-state index contributed by atoms with van der Waals surface area (Å²) in [6, 6.07) is 9.05. The van der Waals surface area contributed by atoms with Crippen molar-refractivity contribution in [1.82, 2.24) is 44.4 Å². The van der Waals surface area contributed by atoms with Gasteiger partial charge in [-0.05, 0) is 84.8 Å². The molecule has 4 atom stereocenters. The molecule has 2 fully saturated rings. The van der Waals surface area contributed by atoms with Crippen molar-refractivity contribution in [2.45, 2.75) is 61.4 Å². The molecular weight excluding hydrogens is 904 g/mol. The van der Waals surface area contributed by atoms with Crippen LogP contribution in [0, 0.1) is 21.2 Å². The number of nitrogens with one attached hydrogen (secondary N) is 2. The van der Waals surface area contributed by atoms with Gasteiger partial charge in [0.15, 0.2) is 9.54 Å². The van der Waals surface area contributed by atoms with Crippen molar-refractivity contribution >= 4 is 88.7 Å². The summed E-state index contributed by atoms with van der Waals surface area (Å²) in [6.07, 6.45) is 10.8. The molecule has 6 aromatic rings. The van der Waals surface area contributed by atoms with Crippen molar-refractivity contribution in [2.75, 3.05) is 5.34 Å². The molecule has 14 nitrogen and oxygen atoms in total. The Balaban J connectivity index is 0.000000151. The molecule has 2 aromatic carbocycles. The highest BCUT2D eigenvalue weighted by Gasteiger charge is 2.64. The number of nitrogens with zero attached hydrogens (tertiary/aromatic N) is 6. The molecule has 2 aliphatic carbocycles. The molecular formula is C38H36Cl4F2N10O4S2. The van der Waals surface area contributed by atoms with Crippen LogP contribution in [0.3, 0.4) is 0 Å². The van der Waals surface area contributed by atoms with Gasteiger partial charge in [-0.2, -0.15) is 0 Å². The molecule has 8 N–H and O–H groups in total. The SMILES string of the molecule is ClCCl.N.NC(=O)Cc1[nH]c(=S)n2c1[C@@H]1C[C@]1(c1cc(Cl)ccc1F)C2.O=C(O)Cc1[nH]c(=S)n2c1[C@@H]1C[C@]1(c1cc(Cl)ccc1F)C2.O=C(n1ccnc1)n1ccnc1. The van der Waals surface area contributed by atoms with Crippen molar-refractivity contribution in [1.29, 1.82) is 0 Å². The van der Waals surface area contributed by atoms with E-state index in [4.69, 9.17) is 81.7 Å². The van der Waals surface area contributed by atoms with E-state index >= 15 is 0 Å². The van der Waals surface area contributed by atoms with Gasteiger partial charge in [-0.1, -0.05) is 23.2 Å². The van der Waals surface area contributed by atoms with Gasteiger partial charge in [0.25, 0.3) is 0 Å². The minimum atomic E-state index is -0.910. The maximum Gasteiger partial charge on any atom is 0.338 e. The Kier molecular flexibility index (Phi) is 13.3. The van der Waals surface area contributed by atoms with Gasteiger partial charge in [0.2, 0.25) is 5.91 Å². The first-order chi connectivity index (χ1) is 28.1. The van der Waals surface area contributed by atoms with Crippen molar-refractivity contribution in [3.8, 4) is 0 Å². The zero-order valence-corrected chi connectivity index (χ0v) is 35.9. The van der Waals surface area contributed by atoms with E-state index < -0.39 is 11.9 Å². The van der Waals surface area contributed by atoms with Crippen LogP contribution >= 0.6 is 70.8 Å². The number of alkyl halides is 2. The fraction of sp³-hybridized carbons (Fsp3) is 0.289. The van der Waals surface area contributed by atoms with Crippen LogP contribution in [0.5, 0.6) is 0 Å². The second-order valence-electron chi connectivity index (χ2n) is 14.4. The summed E-state index contributed by atoms with van der Waals surface area (Å²) in [5.41, 5.74) is 9.18. The van der Waals surface area contributed by atoms with Crippen LogP contribution < -0.4 is 11.9 Å². The average molecular weight is 941 g/mol. The molecule has 0 radical (unpaired) electrons. The van der Waals surface area contributed by atoms with Crippen LogP contribution in [0.25, 0.3) is 0 Å². The van der Waals surface area contributed by atoms with Crippen LogP contribution in [-0.2, 0) is 46.4 Å². The van der Waals surface area contributed by atoms with Crippen LogP contribution in [0.15, 0.2) is 73.8 Å². The van der Waals surface area contributed by atoms with E-state index in [1.54, 1.807) is 43.0 Å². The van der Waals surface area contributed by atoms with Gasteiger partial charge in [-0.25, -0.2) is 23.5 Å². The smallest absolute Gasteiger partial charge is 0.338 e. The Labute approximate surface area is 370 Å². The number of carbonyl (C=O) groups is 3. The minimum Gasteiger partial charge on any atom is -0.481 e. The molecule has 4 aromatic heterocycles. The Morgan fingerprint density at radius 2 is 1.22 bits per heavy atom. The van der Waals surface area contributed by atoms with Crippen molar-refractivity contribution in [2.24, 2.45) is 5.73 Å². The van der Waals surface area contributed by atoms with Gasteiger partial charge in [-0.15, -0.1) is 23.2 Å². The summed E-state index contributed by atoms with van der Waals surface area (Å²) in [6.45, 7) is 1.18. The summed E-state index contributed by atoms with van der Waals surface area (Å²) in [5.74, 6) is -1.58. The van der Waals surface area contributed by atoms with Crippen LogP contribution in [0.1, 0.15) is 58.6 Å². The zero-order chi connectivity index (χ0) is 42.4. The minimum absolute atomic E-state index is 0. The molecule has 1 amide bonds.